The van der Waals surface area contributed by atoms with E-state index in [2.05, 4.69) is 25.4 Å². The van der Waals surface area contributed by atoms with Gasteiger partial charge in [-0.1, -0.05) is 17.3 Å². The van der Waals surface area contributed by atoms with Gasteiger partial charge in [-0.2, -0.15) is 15.2 Å². The van der Waals surface area contributed by atoms with Crippen molar-refractivity contribution in [3.8, 4) is 22.8 Å². The maximum absolute atomic E-state index is 13.3. The Kier molecular flexibility index (Phi) is 3.87. The van der Waals surface area contributed by atoms with Crippen molar-refractivity contribution < 1.29 is 8.91 Å². The van der Waals surface area contributed by atoms with E-state index in [9.17, 15) is 4.39 Å². The molecule has 0 aliphatic heterocycles. The van der Waals surface area contributed by atoms with Crippen molar-refractivity contribution in [3.05, 3.63) is 58.9 Å². The monoisotopic (exact) mass is 352 g/mol. The van der Waals surface area contributed by atoms with Gasteiger partial charge >= 0.3 is 0 Å². The zero-order chi connectivity index (χ0) is 18.3. The number of nitrogens with one attached hydrogen (secondary N) is 1. The molecule has 0 radical (unpaired) electrons. The summed E-state index contributed by atoms with van der Waals surface area (Å²) in [6.45, 7) is 3.94. The van der Waals surface area contributed by atoms with Crippen LogP contribution < -0.4 is 0 Å². The molecule has 4 aromatic rings. The maximum atomic E-state index is 13.3. The molecule has 7 nitrogen and oxygen atoms in total. The van der Waals surface area contributed by atoms with E-state index < -0.39 is 0 Å². The fraction of sp³-hybridized carbons (Fsp3) is 0.222. The summed E-state index contributed by atoms with van der Waals surface area (Å²) in [5.74, 6) is 0.538. The molecule has 0 atom stereocenters. The average Bonchev–Trinajstić information content (AvgIpc) is 3.29. The molecule has 132 valence electrons. The van der Waals surface area contributed by atoms with E-state index >= 15 is 0 Å². The standard InChI is InChI=1S/C18H17FN6O/c1-10-17(11(2)25(3)23-10)14-9-15(22-21-14)18-20-16(24-26-18)8-12-5-4-6-13(19)7-12/h4-7,9H,8H2,1-3H3,(H,21,22). The molecule has 0 amide bonds. The summed E-state index contributed by atoms with van der Waals surface area (Å²) >= 11 is 0. The summed E-state index contributed by atoms with van der Waals surface area (Å²) in [6.07, 6.45) is 0.392. The Morgan fingerprint density at radius 1 is 1.23 bits per heavy atom. The maximum Gasteiger partial charge on any atom is 0.275 e. The molecule has 0 aliphatic rings. The van der Waals surface area contributed by atoms with E-state index in [0.717, 1.165) is 28.2 Å². The van der Waals surface area contributed by atoms with Crippen LogP contribution in [0.5, 0.6) is 0 Å². The van der Waals surface area contributed by atoms with Crippen molar-refractivity contribution in [2.24, 2.45) is 7.05 Å². The fourth-order valence-electron chi connectivity index (χ4n) is 2.97. The molecule has 0 unspecified atom stereocenters. The summed E-state index contributed by atoms with van der Waals surface area (Å²) < 4.78 is 20.4. The lowest BCUT2D eigenvalue weighted by Gasteiger charge is -1.96. The van der Waals surface area contributed by atoms with E-state index in [0.29, 0.717) is 23.8 Å². The topological polar surface area (TPSA) is 85.4 Å². The van der Waals surface area contributed by atoms with Crippen molar-refractivity contribution in [2.45, 2.75) is 20.3 Å². The van der Waals surface area contributed by atoms with E-state index in [1.165, 1.54) is 12.1 Å². The third kappa shape index (κ3) is 2.90. The minimum absolute atomic E-state index is 0.286. The van der Waals surface area contributed by atoms with E-state index in [4.69, 9.17) is 4.52 Å². The number of rotatable bonds is 4. The number of aromatic amines is 1. The Morgan fingerprint density at radius 3 is 2.81 bits per heavy atom. The molecular formula is C18H17FN6O. The first-order chi connectivity index (χ1) is 12.5. The van der Waals surface area contributed by atoms with E-state index in [-0.39, 0.29) is 5.82 Å². The van der Waals surface area contributed by atoms with Gasteiger partial charge in [0.05, 0.1) is 11.4 Å². The number of benzene rings is 1. The molecule has 0 bridgehead atoms. The molecule has 0 saturated carbocycles. The predicted octanol–water partition coefficient (Wildman–Crippen LogP) is 3.21. The van der Waals surface area contributed by atoms with Crippen LogP contribution in [0, 0.1) is 19.7 Å². The molecule has 4 rings (SSSR count). The second-order valence-corrected chi connectivity index (χ2v) is 6.16. The van der Waals surface area contributed by atoms with Gasteiger partial charge in [-0.15, -0.1) is 0 Å². The predicted molar refractivity (Wildman–Crippen MR) is 92.8 cm³/mol. The second kappa shape index (κ2) is 6.21. The highest BCUT2D eigenvalue weighted by atomic mass is 19.1. The van der Waals surface area contributed by atoms with Crippen molar-refractivity contribution in [1.29, 1.82) is 0 Å². The summed E-state index contributed by atoms with van der Waals surface area (Å²) in [7, 11) is 1.90. The molecule has 3 aromatic heterocycles. The van der Waals surface area contributed by atoms with Gasteiger partial charge in [0.2, 0.25) is 0 Å². The van der Waals surface area contributed by atoms with Gasteiger partial charge in [-0.3, -0.25) is 9.78 Å². The van der Waals surface area contributed by atoms with Crippen molar-refractivity contribution in [1.82, 2.24) is 30.1 Å². The number of aryl methyl sites for hydroxylation is 2. The zero-order valence-corrected chi connectivity index (χ0v) is 14.6. The van der Waals surface area contributed by atoms with Crippen molar-refractivity contribution in [2.75, 3.05) is 0 Å². The van der Waals surface area contributed by atoms with Gasteiger partial charge < -0.3 is 4.52 Å². The molecule has 1 aromatic carbocycles. The Hall–Kier alpha value is -3.29. The van der Waals surface area contributed by atoms with Crippen molar-refractivity contribution in [3.63, 3.8) is 0 Å². The molecule has 1 N–H and O–H groups in total. The van der Waals surface area contributed by atoms with Crippen molar-refractivity contribution >= 4 is 0 Å². The van der Waals surface area contributed by atoms with Gasteiger partial charge in [0.1, 0.15) is 11.5 Å². The highest BCUT2D eigenvalue weighted by Gasteiger charge is 2.17. The van der Waals surface area contributed by atoms with Crippen LogP contribution in [0.15, 0.2) is 34.9 Å². The third-order valence-corrected chi connectivity index (χ3v) is 4.29. The Morgan fingerprint density at radius 2 is 2.08 bits per heavy atom. The van der Waals surface area contributed by atoms with Crippen LogP contribution in [0.4, 0.5) is 4.39 Å². The lowest BCUT2D eigenvalue weighted by molar-refractivity contribution is 0.422. The minimum Gasteiger partial charge on any atom is -0.332 e. The first-order valence-corrected chi connectivity index (χ1v) is 8.14. The fourth-order valence-corrected chi connectivity index (χ4v) is 2.97. The highest BCUT2D eigenvalue weighted by molar-refractivity contribution is 5.68. The normalized spacial score (nSPS) is 11.2. The first-order valence-electron chi connectivity index (χ1n) is 8.14. The largest absolute Gasteiger partial charge is 0.332 e. The van der Waals surface area contributed by atoms with Gasteiger partial charge in [-0.05, 0) is 37.6 Å². The number of halogens is 1. The van der Waals surface area contributed by atoms with Crippen LogP contribution in [-0.4, -0.2) is 30.1 Å². The molecule has 0 aliphatic carbocycles. The Labute approximate surface area is 148 Å². The lowest BCUT2D eigenvalue weighted by atomic mass is 10.1. The van der Waals surface area contributed by atoms with Gasteiger partial charge in [0.15, 0.2) is 5.82 Å². The highest BCUT2D eigenvalue weighted by Crippen LogP contribution is 2.27. The van der Waals surface area contributed by atoms with Crippen LogP contribution >= 0.6 is 0 Å². The Bertz CT molecular complexity index is 1080. The lowest BCUT2D eigenvalue weighted by Crippen LogP contribution is -1.92. The molecule has 3 heterocycles. The second-order valence-electron chi connectivity index (χ2n) is 6.16. The van der Waals surface area contributed by atoms with Crippen LogP contribution in [0.2, 0.25) is 0 Å². The van der Waals surface area contributed by atoms with Crippen LogP contribution in [0.1, 0.15) is 22.8 Å². The van der Waals surface area contributed by atoms with Crippen LogP contribution in [0.3, 0.4) is 0 Å². The zero-order valence-electron chi connectivity index (χ0n) is 14.6. The van der Waals surface area contributed by atoms with Gasteiger partial charge in [0.25, 0.3) is 5.89 Å². The quantitative estimate of drug-likeness (QED) is 0.609. The summed E-state index contributed by atoms with van der Waals surface area (Å²) in [5, 5.41) is 15.6. The molecule has 0 spiro atoms. The first kappa shape index (κ1) is 16.2. The van der Waals surface area contributed by atoms with Gasteiger partial charge in [0, 0.05) is 24.7 Å². The third-order valence-electron chi connectivity index (χ3n) is 4.29. The van der Waals surface area contributed by atoms with E-state index in [1.807, 2.05) is 37.7 Å². The van der Waals surface area contributed by atoms with Gasteiger partial charge in [-0.25, -0.2) is 4.39 Å². The Balaban J connectivity index is 1.60. The SMILES string of the molecule is Cc1nn(C)c(C)c1-c1cc(-c2nc(Cc3cccc(F)c3)no2)[nH]n1. The summed E-state index contributed by atoms with van der Waals surface area (Å²) in [4.78, 5) is 4.37. The smallest absolute Gasteiger partial charge is 0.275 e. The molecular weight excluding hydrogens is 335 g/mol. The van der Waals surface area contributed by atoms with Crippen LogP contribution in [0.25, 0.3) is 22.8 Å². The number of hydrogen-bond donors (Lipinski definition) is 1. The number of H-pyrrole nitrogens is 1. The molecule has 26 heavy (non-hydrogen) atoms. The van der Waals surface area contributed by atoms with Crippen LogP contribution in [-0.2, 0) is 13.5 Å². The molecule has 0 saturated heterocycles. The number of nitrogens with zero attached hydrogens (tertiary/aromatic N) is 5. The number of aromatic nitrogens is 6. The summed E-state index contributed by atoms with van der Waals surface area (Å²) in [6, 6.07) is 8.20. The number of hydrogen-bond acceptors (Lipinski definition) is 5. The molecule has 8 heteroatoms. The summed E-state index contributed by atoms with van der Waals surface area (Å²) in [5.41, 5.74) is 5.09. The van der Waals surface area contributed by atoms with E-state index in [1.54, 1.807) is 6.07 Å². The molecule has 0 fully saturated rings. The average molecular weight is 352 g/mol. The minimum atomic E-state index is -0.286.